The van der Waals surface area contributed by atoms with Gasteiger partial charge in [-0.25, -0.2) is 4.39 Å². The van der Waals surface area contributed by atoms with E-state index in [1.807, 2.05) is 30.3 Å². The molecule has 1 aliphatic carbocycles. The fraction of sp³-hybridized carbons (Fsp3) is 0.500. The molecule has 0 radical (unpaired) electrons. The van der Waals surface area contributed by atoms with Gasteiger partial charge in [-0.3, -0.25) is 0 Å². The van der Waals surface area contributed by atoms with Gasteiger partial charge in [0.25, 0.3) is 0 Å². The lowest BCUT2D eigenvalue weighted by atomic mass is 10.2. The first-order valence-electron chi connectivity index (χ1n) is 5.19. The molecule has 1 aromatic rings. The molecule has 82 valence electrons. The Hall–Kier alpha value is -0.930. The van der Waals surface area contributed by atoms with E-state index in [9.17, 15) is 4.39 Å². The molecular formula is C12H15FO2. The molecule has 0 saturated heterocycles. The minimum Gasteiger partial charge on any atom is -0.396 e. The normalized spacial score (nSPS) is 29.1. The Morgan fingerprint density at radius 2 is 1.93 bits per heavy atom. The summed E-state index contributed by atoms with van der Waals surface area (Å²) in [6.45, 7) is 0.851. The molecule has 2 unspecified atom stereocenters. The van der Waals surface area contributed by atoms with E-state index in [-0.39, 0.29) is 18.4 Å². The first kappa shape index (κ1) is 10.6. The topological polar surface area (TPSA) is 29.5 Å². The van der Waals surface area contributed by atoms with Crippen molar-refractivity contribution < 1.29 is 14.2 Å². The van der Waals surface area contributed by atoms with Crippen molar-refractivity contribution in [1.29, 1.82) is 0 Å². The average molecular weight is 210 g/mol. The molecule has 0 aliphatic heterocycles. The zero-order valence-corrected chi connectivity index (χ0v) is 8.47. The molecule has 1 fully saturated rings. The molecule has 3 heteroatoms. The van der Waals surface area contributed by atoms with Gasteiger partial charge in [-0.05, 0) is 5.56 Å². The molecule has 1 N–H and O–H groups in total. The van der Waals surface area contributed by atoms with Crippen LogP contribution in [0.15, 0.2) is 30.3 Å². The van der Waals surface area contributed by atoms with Gasteiger partial charge >= 0.3 is 0 Å². The summed E-state index contributed by atoms with van der Waals surface area (Å²) in [4.78, 5) is 0. The van der Waals surface area contributed by atoms with Crippen LogP contribution in [0.2, 0.25) is 0 Å². The van der Waals surface area contributed by atoms with E-state index in [1.54, 1.807) is 0 Å². The van der Waals surface area contributed by atoms with E-state index in [4.69, 9.17) is 9.84 Å². The summed E-state index contributed by atoms with van der Waals surface area (Å²) < 4.78 is 18.3. The van der Waals surface area contributed by atoms with E-state index in [0.717, 1.165) is 5.56 Å². The van der Waals surface area contributed by atoms with Crippen LogP contribution in [-0.4, -0.2) is 24.5 Å². The summed E-state index contributed by atoms with van der Waals surface area (Å²) in [6, 6.07) is 9.80. The molecule has 0 bridgehead atoms. The van der Waals surface area contributed by atoms with Gasteiger partial charge in [0.2, 0.25) is 0 Å². The smallest absolute Gasteiger partial charge is 0.111 e. The fourth-order valence-corrected chi connectivity index (χ4v) is 1.74. The van der Waals surface area contributed by atoms with Crippen LogP contribution in [0.5, 0.6) is 0 Å². The summed E-state index contributed by atoms with van der Waals surface area (Å²) in [5, 5.41) is 8.77. The summed E-state index contributed by atoms with van der Waals surface area (Å²) in [6.07, 6.45) is -0.870. The number of hydrogen-bond acceptors (Lipinski definition) is 2. The van der Waals surface area contributed by atoms with Gasteiger partial charge in [0, 0.05) is 18.4 Å². The number of alkyl halides is 1. The zero-order valence-electron chi connectivity index (χ0n) is 8.47. The molecule has 0 spiro atoms. The summed E-state index contributed by atoms with van der Waals surface area (Å²) >= 11 is 0. The van der Waals surface area contributed by atoms with Crippen molar-refractivity contribution in [3.8, 4) is 0 Å². The highest BCUT2D eigenvalue weighted by Gasteiger charge is 2.50. The summed E-state index contributed by atoms with van der Waals surface area (Å²) in [5.41, 5.74) is 1.09. The molecule has 0 amide bonds. The average Bonchev–Trinajstić information content (AvgIpc) is 2.90. The Bertz CT molecular complexity index is 302. The van der Waals surface area contributed by atoms with Gasteiger partial charge in [-0.1, -0.05) is 30.3 Å². The number of aliphatic hydroxyl groups excluding tert-OH is 1. The molecule has 2 nitrogen and oxygen atoms in total. The zero-order chi connectivity index (χ0) is 10.7. The lowest BCUT2D eigenvalue weighted by Crippen LogP contribution is -2.00. The first-order valence-corrected chi connectivity index (χ1v) is 5.19. The number of rotatable bonds is 5. The molecule has 3 atom stereocenters. The predicted molar refractivity (Wildman–Crippen MR) is 55.1 cm³/mol. The van der Waals surface area contributed by atoms with Gasteiger partial charge in [0.1, 0.15) is 6.17 Å². The molecule has 0 aromatic heterocycles. The Kier molecular flexibility index (Phi) is 3.34. The Balaban J connectivity index is 1.68. The second-order valence-corrected chi connectivity index (χ2v) is 3.96. The third kappa shape index (κ3) is 2.55. The highest BCUT2D eigenvalue weighted by Crippen LogP contribution is 2.41. The molecule has 1 aromatic carbocycles. The van der Waals surface area contributed by atoms with Gasteiger partial charge in [0.15, 0.2) is 0 Å². The molecule has 1 saturated carbocycles. The minimum absolute atomic E-state index is 0.0689. The van der Waals surface area contributed by atoms with Crippen LogP contribution in [0, 0.1) is 11.8 Å². The van der Waals surface area contributed by atoms with Crippen LogP contribution >= 0.6 is 0 Å². The fourth-order valence-electron chi connectivity index (χ4n) is 1.74. The van der Waals surface area contributed by atoms with Crippen LogP contribution in [0.4, 0.5) is 4.39 Å². The second-order valence-electron chi connectivity index (χ2n) is 3.96. The van der Waals surface area contributed by atoms with Gasteiger partial charge in [-0.2, -0.15) is 0 Å². The van der Waals surface area contributed by atoms with Crippen LogP contribution in [0.1, 0.15) is 5.56 Å². The Labute approximate surface area is 88.7 Å². The summed E-state index contributed by atoms with van der Waals surface area (Å²) in [7, 11) is 0. The maximum Gasteiger partial charge on any atom is 0.111 e. The van der Waals surface area contributed by atoms with Crippen molar-refractivity contribution >= 4 is 0 Å². The van der Waals surface area contributed by atoms with Gasteiger partial charge in [0.05, 0.1) is 13.2 Å². The highest BCUT2D eigenvalue weighted by atomic mass is 19.1. The minimum atomic E-state index is -0.870. The van der Waals surface area contributed by atoms with E-state index in [2.05, 4.69) is 0 Å². The van der Waals surface area contributed by atoms with Crippen LogP contribution in [0.3, 0.4) is 0 Å². The van der Waals surface area contributed by atoms with Crippen LogP contribution < -0.4 is 0 Å². The number of halogens is 1. The predicted octanol–water partition coefficient (Wildman–Crippen LogP) is 1.78. The molecule has 0 heterocycles. The van der Waals surface area contributed by atoms with Crippen molar-refractivity contribution in [1.82, 2.24) is 0 Å². The second kappa shape index (κ2) is 4.73. The van der Waals surface area contributed by atoms with E-state index in [1.165, 1.54) is 0 Å². The van der Waals surface area contributed by atoms with Crippen molar-refractivity contribution in [2.24, 2.45) is 11.8 Å². The Morgan fingerprint density at radius 3 is 2.53 bits per heavy atom. The van der Waals surface area contributed by atoms with E-state index in [0.29, 0.717) is 13.2 Å². The molecule has 1 aliphatic rings. The highest BCUT2D eigenvalue weighted by molar-refractivity contribution is 5.13. The monoisotopic (exact) mass is 210 g/mol. The number of benzene rings is 1. The number of ether oxygens (including phenoxy) is 1. The van der Waals surface area contributed by atoms with Crippen molar-refractivity contribution in [2.75, 3.05) is 13.2 Å². The van der Waals surface area contributed by atoms with Gasteiger partial charge in [-0.15, -0.1) is 0 Å². The van der Waals surface area contributed by atoms with Crippen molar-refractivity contribution in [3.05, 3.63) is 35.9 Å². The number of hydrogen-bond donors (Lipinski definition) is 1. The quantitative estimate of drug-likeness (QED) is 0.802. The molecule has 2 rings (SSSR count). The molecule has 15 heavy (non-hydrogen) atoms. The lowest BCUT2D eigenvalue weighted by Gasteiger charge is -2.02. The standard InChI is InChI=1S/C12H15FO2/c13-12-10(6-14)11(12)8-15-7-9-4-2-1-3-5-9/h1-5,10-12,14H,6-8H2/t10?,11?,12-/m1/s1. The van der Waals surface area contributed by atoms with Gasteiger partial charge < -0.3 is 9.84 Å². The van der Waals surface area contributed by atoms with E-state index >= 15 is 0 Å². The van der Waals surface area contributed by atoms with Crippen molar-refractivity contribution in [3.63, 3.8) is 0 Å². The van der Waals surface area contributed by atoms with Crippen LogP contribution in [0.25, 0.3) is 0 Å². The lowest BCUT2D eigenvalue weighted by molar-refractivity contribution is 0.101. The molecular weight excluding hydrogens is 195 g/mol. The Morgan fingerprint density at radius 1 is 1.20 bits per heavy atom. The maximum absolute atomic E-state index is 12.9. The number of aliphatic hydroxyl groups is 1. The summed E-state index contributed by atoms with van der Waals surface area (Å²) in [5.74, 6) is -0.292. The SMILES string of the molecule is OCC1C(COCc2ccccc2)[C@@H]1F. The third-order valence-electron chi connectivity index (χ3n) is 2.86. The van der Waals surface area contributed by atoms with Crippen molar-refractivity contribution in [2.45, 2.75) is 12.8 Å². The van der Waals surface area contributed by atoms with E-state index < -0.39 is 6.17 Å². The first-order chi connectivity index (χ1) is 7.33. The maximum atomic E-state index is 12.9. The van der Waals surface area contributed by atoms with Crippen LogP contribution in [-0.2, 0) is 11.3 Å². The largest absolute Gasteiger partial charge is 0.396 e. The third-order valence-corrected chi connectivity index (χ3v) is 2.86.